The molecule has 7 N–H and O–H groups in total. The number of urea groups is 1. The van der Waals surface area contributed by atoms with Crippen LogP contribution in [0.2, 0.25) is 0 Å². The molecule has 0 saturated carbocycles. The Morgan fingerprint density at radius 3 is 1.97 bits per heavy atom. The topological polar surface area (TPSA) is 352 Å². The van der Waals surface area contributed by atoms with E-state index in [4.69, 9.17) is 30.2 Å². The maximum absolute atomic E-state index is 14.7. The van der Waals surface area contributed by atoms with Crippen molar-refractivity contribution in [2.45, 2.75) is 169 Å². The van der Waals surface area contributed by atoms with Crippen LogP contribution >= 0.6 is 0 Å². The highest BCUT2D eigenvalue weighted by Gasteiger charge is 2.44. The molecule has 3 rings (SSSR count). The predicted molar refractivity (Wildman–Crippen MR) is 362 cm³/mol. The Hall–Kier alpha value is -7.35. The van der Waals surface area contributed by atoms with E-state index in [1.54, 1.807) is 69.0 Å². The van der Waals surface area contributed by atoms with Gasteiger partial charge in [0.1, 0.15) is 19.0 Å². The molecule has 0 spiro atoms. The SMILES string of the molecule is CC[C@H](C)[C@@H]([C@@H](CC(=O)N1CCC[C@H]1[C@H](OC)[C@@H](C)C(=O)C[C@@H](Cc1ccccc1)C(=O)NCc1ccc(NC(=O)[C@H](CCCNC(N)=O)CC(=O)[C@@H](NC(=O)COCC(=O)NCCOCCN=[N+]=[N-])C(C)C)cc1)OC)N(C)C(=O)[C@@H](CC(=O)[C@H](C(C)C)N(C)C)C(C)C. The summed E-state index contributed by atoms with van der Waals surface area (Å²) in [5, 5.41) is 17.0. The van der Waals surface area contributed by atoms with Crippen LogP contribution in [-0.2, 0) is 75.1 Å². The number of hydrogen-bond donors (Lipinski definition) is 6. The number of likely N-dealkylation sites (tertiary alicyclic amines) is 1. The van der Waals surface area contributed by atoms with E-state index in [1.165, 1.54) is 7.11 Å². The molecule has 2 aromatic carbocycles. The van der Waals surface area contributed by atoms with Crippen molar-refractivity contribution in [2.24, 2.45) is 58.2 Å². The van der Waals surface area contributed by atoms with E-state index in [0.717, 1.165) is 5.56 Å². The number of methoxy groups -OCH3 is 2. The molecule has 26 nitrogen and oxygen atoms in total. The quantitative estimate of drug-likeness (QED) is 0.0180. The van der Waals surface area contributed by atoms with Crippen molar-refractivity contribution in [1.29, 1.82) is 0 Å². The molecule has 530 valence electrons. The van der Waals surface area contributed by atoms with Crippen LogP contribution in [0.4, 0.5) is 10.5 Å². The highest BCUT2D eigenvalue weighted by molar-refractivity contribution is 5.98. The van der Waals surface area contributed by atoms with Gasteiger partial charge in [-0.3, -0.25) is 48.1 Å². The maximum Gasteiger partial charge on any atom is 0.312 e. The number of nitrogens with one attached hydrogen (secondary N) is 5. The number of amides is 8. The molecule has 0 bridgehead atoms. The van der Waals surface area contributed by atoms with E-state index in [-0.39, 0.29) is 137 Å². The Labute approximate surface area is 562 Å². The summed E-state index contributed by atoms with van der Waals surface area (Å²) < 4.78 is 22.8. The van der Waals surface area contributed by atoms with Gasteiger partial charge in [-0.2, -0.15) is 0 Å². The standard InChI is InChI=1S/C69H110N12O14/c1-15-46(8)64(80(12)68(90)53(43(2)3)38-57(84)63(45(6)7)79(10)11)58(92-13)39-61(87)81-32-20-24-54(81)65(93-14)47(9)55(82)37-51(35-48-21-17-16-18-22-48)66(88)74-40-49-25-27-52(28-26-49)76-67(89)50(23-19-29-73-69(70)91)36-56(83)62(44(4)5)77-60(86)42-95-41-59(85)72-30-33-94-34-31-75-78-71/h16-18,21-22,25-28,43-47,50-51,53-54,58,62-65H,15,19-20,23-24,29-42H2,1-14H3,(H,72,85)(H,74,88)(H,76,89)(H,77,86)(H3,70,73,91)/t46-,47-,50+,51+,53-,54-,58+,62-,63-,64-,65+/m0/s1. The summed E-state index contributed by atoms with van der Waals surface area (Å²) in [5.74, 6) is -6.46. The number of rotatable bonds is 46. The molecule has 1 heterocycles. The second-order valence-corrected chi connectivity index (χ2v) is 26.2. The number of anilines is 1. The molecule has 26 heteroatoms. The average molecular weight is 1330 g/mol. The first-order valence-electron chi connectivity index (χ1n) is 33.4. The first kappa shape index (κ1) is 81.9. The van der Waals surface area contributed by atoms with Crippen LogP contribution in [0.3, 0.4) is 0 Å². The van der Waals surface area contributed by atoms with Crippen molar-refractivity contribution in [3.63, 3.8) is 0 Å². The van der Waals surface area contributed by atoms with Crippen molar-refractivity contribution < 1.29 is 66.9 Å². The largest absolute Gasteiger partial charge is 0.379 e. The molecular weight excluding hydrogens is 1220 g/mol. The van der Waals surface area contributed by atoms with Crippen LogP contribution in [0, 0.1) is 47.3 Å². The van der Waals surface area contributed by atoms with Crippen LogP contribution in [0.5, 0.6) is 0 Å². The lowest BCUT2D eigenvalue weighted by molar-refractivity contribution is -0.149. The number of Topliss-reactive ketones (excluding diaryl/α,β-unsaturated/α-hetero) is 3. The van der Waals surface area contributed by atoms with E-state index < -0.39 is 96.8 Å². The van der Waals surface area contributed by atoms with Crippen molar-refractivity contribution in [3.8, 4) is 0 Å². The smallest absolute Gasteiger partial charge is 0.312 e. The number of hydrogen-bond acceptors (Lipinski definition) is 16. The molecule has 0 unspecified atom stereocenters. The molecule has 8 amide bonds. The van der Waals surface area contributed by atoms with Gasteiger partial charge in [0.15, 0.2) is 11.6 Å². The molecule has 11 atom stereocenters. The Balaban J connectivity index is 1.73. The minimum atomic E-state index is -1.00. The minimum absolute atomic E-state index is 0.00986. The minimum Gasteiger partial charge on any atom is -0.379 e. The maximum atomic E-state index is 14.7. The molecule has 95 heavy (non-hydrogen) atoms. The fraction of sp³-hybridized carbons (Fsp3) is 0.681. The van der Waals surface area contributed by atoms with Crippen LogP contribution in [0.15, 0.2) is 59.7 Å². The molecule has 1 aliphatic heterocycles. The van der Waals surface area contributed by atoms with Gasteiger partial charge >= 0.3 is 6.03 Å². The lowest BCUT2D eigenvalue weighted by atomic mass is 9.83. The Bertz CT molecular complexity index is 2810. The van der Waals surface area contributed by atoms with Crippen molar-refractivity contribution >= 4 is 64.5 Å². The van der Waals surface area contributed by atoms with Gasteiger partial charge in [0, 0.05) is 108 Å². The summed E-state index contributed by atoms with van der Waals surface area (Å²) in [6.07, 6.45) is 0.996. The number of nitrogens with zero attached hydrogens (tertiary/aromatic N) is 6. The third-order valence-electron chi connectivity index (χ3n) is 17.9. The summed E-state index contributed by atoms with van der Waals surface area (Å²) in [6.45, 7) is 17.6. The summed E-state index contributed by atoms with van der Waals surface area (Å²) in [7, 11) is 8.58. The Morgan fingerprint density at radius 2 is 1.38 bits per heavy atom. The number of carbonyl (C=O) groups excluding carboxylic acids is 10. The molecular formula is C69H110N12O14. The van der Waals surface area contributed by atoms with Gasteiger partial charge in [-0.25, -0.2) is 4.79 Å². The molecule has 1 fully saturated rings. The predicted octanol–water partition coefficient (Wildman–Crippen LogP) is 6.42. The molecule has 1 aliphatic rings. The number of primary amides is 1. The van der Waals surface area contributed by atoms with Gasteiger partial charge < -0.3 is 61.1 Å². The summed E-state index contributed by atoms with van der Waals surface area (Å²) in [5.41, 5.74) is 15.5. The number of carbonyl (C=O) groups is 10. The van der Waals surface area contributed by atoms with Gasteiger partial charge in [-0.15, -0.1) is 0 Å². The van der Waals surface area contributed by atoms with E-state index in [0.29, 0.717) is 43.5 Å². The zero-order valence-electron chi connectivity index (χ0n) is 58.7. The van der Waals surface area contributed by atoms with Gasteiger partial charge in [0.2, 0.25) is 35.4 Å². The first-order chi connectivity index (χ1) is 45.1. The lowest BCUT2D eigenvalue weighted by Gasteiger charge is -2.41. The zero-order valence-corrected chi connectivity index (χ0v) is 58.7. The highest BCUT2D eigenvalue weighted by atomic mass is 16.5. The number of ether oxygens (including phenoxy) is 4. The van der Waals surface area contributed by atoms with Gasteiger partial charge in [-0.05, 0) is 98.7 Å². The third-order valence-corrected chi connectivity index (χ3v) is 17.9. The van der Waals surface area contributed by atoms with Gasteiger partial charge in [0.05, 0.1) is 56.0 Å². The molecule has 1 saturated heterocycles. The van der Waals surface area contributed by atoms with E-state index in [2.05, 4.69) is 36.6 Å². The first-order valence-corrected chi connectivity index (χ1v) is 33.4. The number of nitrogens with two attached hydrogens (primary N) is 1. The van der Waals surface area contributed by atoms with Crippen LogP contribution < -0.4 is 32.3 Å². The molecule has 0 radical (unpaired) electrons. The summed E-state index contributed by atoms with van der Waals surface area (Å²) in [4.78, 5) is 144. The summed E-state index contributed by atoms with van der Waals surface area (Å²) >= 11 is 0. The molecule has 0 aliphatic carbocycles. The fourth-order valence-electron chi connectivity index (χ4n) is 12.6. The van der Waals surface area contributed by atoms with E-state index in [1.807, 2.05) is 90.9 Å². The van der Waals surface area contributed by atoms with Gasteiger partial charge in [0.25, 0.3) is 0 Å². The van der Waals surface area contributed by atoms with Crippen molar-refractivity contribution in [2.75, 3.05) is 93.3 Å². The normalized spacial score (nSPS) is 16.3. The van der Waals surface area contributed by atoms with Crippen LogP contribution in [-0.4, -0.2) is 198 Å². The number of azide groups is 1. The van der Waals surface area contributed by atoms with Crippen molar-refractivity contribution in [1.82, 2.24) is 36.0 Å². The van der Waals surface area contributed by atoms with Crippen LogP contribution in [0.1, 0.15) is 131 Å². The fourth-order valence-corrected chi connectivity index (χ4v) is 12.6. The molecule has 2 aromatic rings. The number of ketones is 3. The highest BCUT2D eigenvalue weighted by Crippen LogP contribution is 2.32. The average Bonchev–Trinajstić information content (AvgIpc) is 1.80. The van der Waals surface area contributed by atoms with Crippen molar-refractivity contribution in [3.05, 3.63) is 76.2 Å². The third kappa shape index (κ3) is 27.7. The van der Waals surface area contributed by atoms with Gasteiger partial charge in [-0.1, -0.05) is 116 Å². The summed E-state index contributed by atoms with van der Waals surface area (Å²) in [6, 6.07) is 13.1. The Kier molecular flexibility index (Phi) is 37.0. The number of likely N-dealkylation sites (N-methyl/N-ethyl adjacent to an activating group) is 2. The monoisotopic (exact) mass is 1330 g/mol. The number of benzene rings is 2. The zero-order chi connectivity index (χ0) is 70.9. The second kappa shape index (κ2) is 43.0. The molecule has 0 aromatic heterocycles. The lowest BCUT2D eigenvalue weighted by Crippen LogP contribution is -2.54. The van der Waals surface area contributed by atoms with E-state index >= 15 is 0 Å². The van der Waals surface area contributed by atoms with E-state index in [9.17, 15) is 47.9 Å². The van der Waals surface area contributed by atoms with Crippen LogP contribution in [0.25, 0.3) is 10.4 Å². The Morgan fingerprint density at radius 1 is 0.716 bits per heavy atom. The second-order valence-electron chi connectivity index (χ2n) is 26.2.